The summed E-state index contributed by atoms with van der Waals surface area (Å²) in [5.74, 6) is 1.10. The standard InChI is InChI=1S/C22H30N4O4/c1-29-16-17-6-5-11-25(13-17)22(28)15-26-14-19(12-23-26)24-21(27)10-9-18-7-3-4-8-20(18)30-2/h3-4,7-8,12,14,17H,5-6,9-11,13,15-16H2,1-2H3,(H,24,27). The van der Waals surface area contributed by atoms with E-state index in [4.69, 9.17) is 9.47 Å². The van der Waals surface area contributed by atoms with Gasteiger partial charge in [-0.2, -0.15) is 5.10 Å². The second-order valence-corrected chi connectivity index (χ2v) is 7.59. The predicted molar refractivity (Wildman–Crippen MR) is 113 cm³/mol. The third-order valence-electron chi connectivity index (χ3n) is 5.30. The largest absolute Gasteiger partial charge is 0.496 e. The SMILES string of the molecule is COCC1CCCN(C(=O)Cn2cc(NC(=O)CCc3ccccc3OC)cn2)C1. The van der Waals surface area contributed by atoms with Gasteiger partial charge >= 0.3 is 0 Å². The van der Waals surface area contributed by atoms with Gasteiger partial charge in [0.2, 0.25) is 11.8 Å². The molecule has 1 N–H and O–H groups in total. The van der Waals surface area contributed by atoms with Crippen LogP contribution >= 0.6 is 0 Å². The third kappa shape index (κ3) is 6.06. The molecule has 1 aliphatic rings. The maximum absolute atomic E-state index is 12.6. The fraction of sp³-hybridized carbons (Fsp3) is 0.500. The van der Waals surface area contributed by atoms with Crippen molar-refractivity contribution in [3.63, 3.8) is 0 Å². The van der Waals surface area contributed by atoms with Gasteiger partial charge in [0.25, 0.3) is 0 Å². The van der Waals surface area contributed by atoms with Crippen molar-refractivity contribution in [2.24, 2.45) is 5.92 Å². The minimum absolute atomic E-state index is 0.0351. The molecule has 0 spiro atoms. The lowest BCUT2D eigenvalue weighted by Gasteiger charge is -2.32. The van der Waals surface area contributed by atoms with Crippen LogP contribution in [0.25, 0.3) is 0 Å². The van der Waals surface area contributed by atoms with Crippen LogP contribution in [-0.4, -0.2) is 60.4 Å². The third-order valence-corrected chi connectivity index (χ3v) is 5.30. The van der Waals surface area contributed by atoms with Crippen molar-refractivity contribution in [2.45, 2.75) is 32.2 Å². The molecule has 1 saturated heterocycles. The molecule has 0 aliphatic carbocycles. The maximum atomic E-state index is 12.6. The van der Waals surface area contributed by atoms with Crippen LogP contribution in [-0.2, 0) is 27.3 Å². The zero-order valence-corrected chi connectivity index (χ0v) is 17.7. The molecule has 2 heterocycles. The molecular weight excluding hydrogens is 384 g/mol. The van der Waals surface area contributed by atoms with Gasteiger partial charge in [0.1, 0.15) is 12.3 Å². The highest BCUT2D eigenvalue weighted by Crippen LogP contribution is 2.19. The molecule has 2 amide bonds. The van der Waals surface area contributed by atoms with E-state index in [1.54, 1.807) is 31.3 Å². The van der Waals surface area contributed by atoms with Gasteiger partial charge in [0, 0.05) is 32.8 Å². The Kier molecular flexibility index (Phi) is 7.84. The number of anilines is 1. The van der Waals surface area contributed by atoms with E-state index in [1.807, 2.05) is 29.2 Å². The monoisotopic (exact) mass is 414 g/mol. The smallest absolute Gasteiger partial charge is 0.244 e. The number of aromatic nitrogens is 2. The fourth-order valence-corrected chi connectivity index (χ4v) is 3.80. The molecule has 0 radical (unpaired) electrons. The van der Waals surface area contributed by atoms with E-state index in [-0.39, 0.29) is 18.4 Å². The molecule has 1 aromatic heterocycles. The number of hydrogen-bond acceptors (Lipinski definition) is 5. The van der Waals surface area contributed by atoms with Gasteiger partial charge in [0.15, 0.2) is 0 Å². The normalized spacial score (nSPS) is 16.3. The maximum Gasteiger partial charge on any atom is 0.244 e. The van der Waals surface area contributed by atoms with Crippen molar-refractivity contribution in [1.82, 2.24) is 14.7 Å². The van der Waals surface area contributed by atoms with E-state index in [2.05, 4.69) is 10.4 Å². The number of para-hydroxylation sites is 1. The fourth-order valence-electron chi connectivity index (χ4n) is 3.80. The summed E-state index contributed by atoms with van der Waals surface area (Å²) in [7, 11) is 3.31. The summed E-state index contributed by atoms with van der Waals surface area (Å²) in [4.78, 5) is 26.8. The highest BCUT2D eigenvalue weighted by molar-refractivity contribution is 5.90. The van der Waals surface area contributed by atoms with Crippen LogP contribution in [0.1, 0.15) is 24.8 Å². The minimum atomic E-state index is -0.106. The Morgan fingerprint density at radius 2 is 2.10 bits per heavy atom. The molecule has 1 unspecified atom stereocenters. The van der Waals surface area contributed by atoms with E-state index < -0.39 is 0 Å². The van der Waals surface area contributed by atoms with E-state index >= 15 is 0 Å². The number of aryl methyl sites for hydroxylation is 1. The number of amides is 2. The van der Waals surface area contributed by atoms with Crippen molar-refractivity contribution < 1.29 is 19.1 Å². The van der Waals surface area contributed by atoms with Crippen molar-refractivity contribution in [2.75, 3.05) is 39.2 Å². The van der Waals surface area contributed by atoms with Gasteiger partial charge in [-0.25, -0.2) is 0 Å². The van der Waals surface area contributed by atoms with Crippen LogP contribution in [0.5, 0.6) is 5.75 Å². The summed E-state index contributed by atoms with van der Waals surface area (Å²) in [6.45, 7) is 2.33. The zero-order chi connectivity index (χ0) is 21.3. The van der Waals surface area contributed by atoms with E-state index in [9.17, 15) is 9.59 Å². The van der Waals surface area contributed by atoms with Crippen molar-refractivity contribution in [3.05, 3.63) is 42.2 Å². The lowest BCUT2D eigenvalue weighted by Crippen LogP contribution is -2.42. The molecule has 1 aromatic carbocycles. The highest BCUT2D eigenvalue weighted by Gasteiger charge is 2.23. The van der Waals surface area contributed by atoms with Crippen LogP contribution in [0.4, 0.5) is 5.69 Å². The lowest BCUT2D eigenvalue weighted by molar-refractivity contribution is -0.134. The Hall–Kier alpha value is -2.87. The number of nitrogens with zero attached hydrogens (tertiary/aromatic N) is 3. The van der Waals surface area contributed by atoms with Gasteiger partial charge < -0.3 is 19.7 Å². The Morgan fingerprint density at radius 1 is 1.27 bits per heavy atom. The molecule has 1 fully saturated rings. The summed E-state index contributed by atoms with van der Waals surface area (Å²) in [6.07, 6.45) is 6.25. The van der Waals surface area contributed by atoms with Gasteiger partial charge in [-0.05, 0) is 36.8 Å². The first-order chi connectivity index (χ1) is 14.6. The van der Waals surface area contributed by atoms with Gasteiger partial charge in [0.05, 0.1) is 25.6 Å². The molecule has 3 rings (SSSR count). The second kappa shape index (κ2) is 10.8. The summed E-state index contributed by atoms with van der Waals surface area (Å²) in [5.41, 5.74) is 1.58. The molecule has 2 aromatic rings. The number of rotatable bonds is 9. The van der Waals surface area contributed by atoms with Crippen LogP contribution in [0.15, 0.2) is 36.7 Å². The van der Waals surface area contributed by atoms with Crippen LogP contribution < -0.4 is 10.1 Å². The summed E-state index contributed by atoms with van der Waals surface area (Å²) >= 11 is 0. The van der Waals surface area contributed by atoms with Crippen LogP contribution in [0.2, 0.25) is 0 Å². The van der Waals surface area contributed by atoms with E-state index in [0.717, 1.165) is 37.2 Å². The number of methoxy groups -OCH3 is 2. The number of hydrogen-bond donors (Lipinski definition) is 1. The van der Waals surface area contributed by atoms with Gasteiger partial charge in [-0.15, -0.1) is 0 Å². The van der Waals surface area contributed by atoms with Gasteiger partial charge in [-0.1, -0.05) is 18.2 Å². The minimum Gasteiger partial charge on any atom is -0.496 e. The summed E-state index contributed by atoms with van der Waals surface area (Å²) < 4.78 is 12.1. The number of nitrogens with one attached hydrogen (secondary N) is 1. The Labute approximate surface area is 177 Å². The number of piperidine rings is 1. The summed E-state index contributed by atoms with van der Waals surface area (Å²) in [6, 6.07) is 7.66. The quantitative estimate of drug-likeness (QED) is 0.681. The molecule has 30 heavy (non-hydrogen) atoms. The first-order valence-corrected chi connectivity index (χ1v) is 10.3. The lowest BCUT2D eigenvalue weighted by atomic mass is 9.99. The summed E-state index contributed by atoms with van der Waals surface area (Å²) in [5, 5.41) is 7.06. The molecule has 8 heteroatoms. The first-order valence-electron chi connectivity index (χ1n) is 10.3. The van der Waals surface area contributed by atoms with Gasteiger partial charge in [-0.3, -0.25) is 14.3 Å². The molecule has 162 valence electrons. The average molecular weight is 415 g/mol. The highest BCUT2D eigenvalue weighted by atomic mass is 16.5. The topological polar surface area (TPSA) is 85.7 Å². The Bertz CT molecular complexity index is 849. The number of likely N-dealkylation sites (tertiary alicyclic amines) is 1. The number of carbonyl (C=O) groups is 2. The van der Waals surface area contributed by atoms with E-state index in [1.165, 1.54) is 0 Å². The number of ether oxygens (including phenoxy) is 2. The second-order valence-electron chi connectivity index (χ2n) is 7.59. The van der Waals surface area contributed by atoms with Crippen molar-refractivity contribution in [3.8, 4) is 5.75 Å². The molecule has 0 saturated carbocycles. The molecule has 1 aliphatic heterocycles. The van der Waals surface area contributed by atoms with Crippen LogP contribution in [0.3, 0.4) is 0 Å². The molecular formula is C22H30N4O4. The Morgan fingerprint density at radius 3 is 2.90 bits per heavy atom. The number of carbonyl (C=O) groups excluding carboxylic acids is 2. The first kappa shape index (κ1) is 21.8. The molecule has 8 nitrogen and oxygen atoms in total. The number of benzene rings is 1. The van der Waals surface area contributed by atoms with Crippen molar-refractivity contribution in [1.29, 1.82) is 0 Å². The Balaban J connectivity index is 1.47. The van der Waals surface area contributed by atoms with Crippen LogP contribution in [0, 0.1) is 5.92 Å². The van der Waals surface area contributed by atoms with Crippen molar-refractivity contribution >= 4 is 17.5 Å². The average Bonchev–Trinajstić information content (AvgIpc) is 3.19. The van der Waals surface area contributed by atoms with E-state index in [0.29, 0.717) is 31.1 Å². The molecule has 0 bridgehead atoms. The zero-order valence-electron chi connectivity index (χ0n) is 17.7. The molecule has 1 atom stereocenters. The predicted octanol–water partition coefficient (Wildman–Crippen LogP) is 2.35.